The number of rotatable bonds is 3. The van der Waals surface area contributed by atoms with Gasteiger partial charge in [0.15, 0.2) is 0 Å². The molecule has 2 aromatic heterocycles. The molecule has 3 rings (SSSR count). The molecule has 2 heterocycles. The molecule has 0 fully saturated rings. The third-order valence-electron chi connectivity index (χ3n) is 3.39. The summed E-state index contributed by atoms with van der Waals surface area (Å²) < 4.78 is 19.1. The van der Waals surface area contributed by atoms with Crippen molar-refractivity contribution >= 4 is 22.7 Å². The quantitative estimate of drug-likeness (QED) is 0.795. The Hall–Kier alpha value is -3.03. The van der Waals surface area contributed by atoms with Gasteiger partial charge in [0.2, 0.25) is 5.91 Å². The van der Waals surface area contributed by atoms with Crippen LogP contribution in [0.2, 0.25) is 0 Å². The van der Waals surface area contributed by atoms with Crippen LogP contribution < -0.4 is 10.9 Å². The number of hydrogen-bond acceptors (Lipinski definition) is 5. The van der Waals surface area contributed by atoms with Crippen molar-refractivity contribution in [2.75, 3.05) is 5.32 Å². The molecule has 0 radical (unpaired) electrons. The third kappa shape index (κ3) is 2.83. The monoisotopic (exact) mass is 316 g/mol. The molecular formula is C15H13FN4O3. The summed E-state index contributed by atoms with van der Waals surface area (Å²) in [6.07, 6.45) is 0. The first-order valence-electron chi connectivity index (χ1n) is 6.84. The highest BCUT2D eigenvalue weighted by Crippen LogP contribution is 2.12. The molecule has 23 heavy (non-hydrogen) atoms. The minimum atomic E-state index is -0.419. The number of aromatic nitrogens is 3. The van der Waals surface area contributed by atoms with Crippen LogP contribution in [0.1, 0.15) is 11.5 Å². The molecule has 1 aromatic carbocycles. The van der Waals surface area contributed by atoms with E-state index in [1.165, 1.54) is 28.8 Å². The molecule has 8 heteroatoms. The number of nitrogens with zero attached hydrogens (tertiary/aromatic N) is 3. The van der Waals surface area contributed by atoms with Crippen molar-refractivity contribution in [3.63, 3.8) is 0 Å². The van der Waals surface area contributed by atoms with E-state index in [0.717, 1.165) is 0 Å². The molecular weight excluding hydrogens is 303 g/mol. The Morgan fingerprint density at radius 1 is 1.30 bits per heavy atom. The normalized spacial score (nSPS) is 10.9. The zero-order valence-electron chi connectivity index (χ0n) is 12.5. The van der Waals surface area contributed by atoms with Crippen LogP contribution in [0.4, 0.5) is 10.1 Å². The maximum absolute atomic E-state index is 12.9. The topological polar surface area (TPSA) is 90.0 Å². The van der Waals surface area contributed by atoms with Crippen molar-refractivity contribution in [2.24, 2.45) is 0 Å². The first-order chi connectivity index (χ1) is 11.0. The van der Waals surface area contributed by atoms with E-state index in [9.17, 15) is 14.0 Å². The van der Waals surface area contributed by atoms with Gasteiger partial charge in [-0.2, -0.15) is 4.98 Å². The summed E-state index contributed by atoms with van der Waals surface area (Å²) in [6, 6.07) is 5.35. The zero-order valence-corrected chi connectivity index (χ0v) is 12.5. The fourth-order valence-corrected chi connectivity index (χ4v) is 2.23. The highest BCUT2D eigenvalue weighted by molar-refractivity contribution is 5.90. The van der Waals surface area contributed by atoms with Crippen LogP contribution in [0.3, 0.4) is 0 Å². The van der Waals surface area contributed by atoms with Crippen LogP contribution in [0, 0.1) is 19.7 Å². The first-order valence-corrected chi connectivity index (χ1v) is 6.84. The van der Waals surface area contributed by atoms with E-state index in [4.69, 9.17) is 4.52 Å². The number of amides is 1. The van der Waals surface area contributed by atoms with Gasteiger partial charge in [0, 0.05) is 5.69 Å². The van der Waals surface area contributed by atoms with E-state index in [2.05, 4.69) is 15.5 Å². The second-order valence-electron chi connectivity index (χ2n) is 5.05. The van der Waals surface area contributed by atoms with Gasteiger partial charge >= 0.3 is 0 Å². The Morgan fingerprint density at radius 2 is 2.00 bits per heavy atom. The Balaban J connectivity index is 1.88. The molecule has 0 aliphatic heterocycles. The first kappa shape index (κ1) is 14.9. The molecule has 0 saturated carbocycles. The van der Waals surface area contributed by atoms with Gasteiger partial charge < -0.3 is 9.84 Å². The summed E-state index contributed by atoms with van der Waals surface area (Å²) in [5.74, 6) is -0.474. The van der Waals surface area contributed by atoms with E-state index in [0.29, 0.717) is 17.2 Å². The second-order valence-corrected chi connectivity index (χ2v) is 5.05. The molecule has 0 bridgehead atoms. The molecule has 0 aliphatic rings. The second kappa shape index (κ2) is 5.64. The predicted octanol–water partition coefficient (Wildman–Crippen LogP) is 1.78. The number of hydrogen-bond donors (Lipinski definition) is 1. The molecule has 0 unspecified atom stereocenters. The number of anilines is 1. The van der Waals surface area contributed by atoms with Crippen molar-refractivity contribution in [3.8, 4) is 0 Å². The number of carbonyl (C=O) groups excluding carboxylic acids is 1. The maximum Gasteiger partial charge on any atom is 0.267 e. The van der Waals surface area contributed by atoms with Crippen molar-refractivity contribution in [1.29, 1.82) is 0 Å². The van der Waals surface area contributed by atoms with Crippen molar-refractivity contribution in [1.82, 2.24) is 14.7 Å². The predicted molar refractivity (Wildman–Crippen MR) is 80.6 cm³/mol. The van der Waals surface area contributed by atoms with Crippen LogP contribution in [-0.2, 0) is 11.3 Å². The highest BCUT2D eigenvalue weighted by atomic mass is 19.1. The van der Waals surface area contributed by atoms with Gasteiger partial charge in [-0.25, -0.2) is 4.39 Å². The summed E-state index contributed by atoms with van der Waals surface area (Å²) in [4.78, 5) is 28.7. The lowest BCUT2D eigenvalue weighted by molar-refractivity contribution is -0.116. The molecule has 0 spiro atoms. The fourth-order valence-electron chi connectivity index (χ4n) is 2.23. The smallest absolute Gasteiger partial charge is 0.267 e. The van der Waals surface area contributed by atoms with Crippen molar-refractivity contribution < 1.29 is 13.7 Å². The molecule has 1 N–H and O–H groups in total. The number of fused-ring (bicyclic) bond motifs is 1. The minimum absolute atomic E-state index is 0.153. The van der Waals surface area contributed by atoms with E-state index < -0.39 is 11.7 Å². The fraction of sp³-hybridized carbons (Fsp3) is 0.200. The molecule has 1 amide bonds. The SMILES string of the molecule is Cc1noc2nc(C)n(CC(=O)Nc3ccc(F)cc3)c(=O)c12. The van der Waals surface area contributed by atoms with E-state index in [1.807, 2.05) is 0 Å². The number of halogens is 1. The lowest BCUT2D eigenvalue weighted by atomic mass is 10.3. The maximum atomic E-state index is 12.9. The summed E-state index contributed by atoms with van der Waals surface area (Å²) in [5, 5.41) is 6.56. The Labute approximate surface area is 129 Å². The van der Waals surface area contributed by atoms with Gasteiger partial charge in [0.25, 0.3) is 11.3 Å². The van der Waals surface area contributed by atoms with E-state index >= 15 is 0 Å². The van der Waals surface area contributed by atoms with Crippen LogP contribution in [-0.4, -0.2) is 20.6 Å². The zero-order chi connectivity index (χ0) is 16.6. The Bertz CT molecular complexity index is 944. The van der Waals surface area contributed by atoms with Crippen molar-refractivity contribution in [2.45, 2.75) is 20.4 Å². The third-order valence-corrected chi connectivity index (χ3v) is 3.39. The van der Waals surface area contributed by atoms with Crippen LogP contribution in [0.25, 0.3) is 11.1 Å². The molecule has 0 atom stereocenters. The van der Waals surface area contributed by atoms with Crippen molar-refractivity contribution in [3.05, 3.63) is 52.0 Å². The van der Waals surface area contributed by atoms with Gasteiger partial charge in [-0.15, -0.1) is 0 Å². The molecule has 3 aromatic rings. The van der Waals surface area contributed by atoms with E-state index in [1.54, 1.807) is 13.8 Å². The Morgan fingerprint density at radius 3 is 2.70 bits per heavy atom. The summed E-state index contributed by atoms with van der Waals surface area (Å²) in [6.45, 7) is 3.02. The molecule has 7 nitrogen and oxygen atoms in total. The van der Waals surface area contributed by atoms with Gasteiger partial charge in [0.1, 0.15) is 23.6 Å². The van der Waals surface area contributed by atoms with Crippen LogP contribution >= 0.6 is 0 Å². The summed E-state index contributed by atoms with van der Waals surface area (Å²) >= 11 is 0. The average molecular weight is 316 g/mol. The minimum Gasteiger partial charge on any atom is -0.335 e. The van der Waals surface area contributed by atoms with Crippen LogP contribution in [0.5, 0.6) is 0 Å². The number of carbonyl (C=O) groups is 1. The van der Waals surface area contributed by atoms with Gasteiger partial charge in [-0.3, -0.25) is 14.2 Å². The lowest BCUT2D eigenvalue weighted by Crippen LogP contribution is -2.30. The van der Waals surface area contributed by atoms with E-state index in [-0.39, 0.29) is 23.2 Å². The summed E-state index contributed by atoms with van der Waals surface area (Å²) in [5.41, 5.74) is 0.628. The molecule has 0 saturated heterocycles. The molecule has 0 aliphatic carbocycles. The summed E-state index contributed by atoms with van der Waals surface area (Å²) in [7, 11) is 0. The lowest BCUT2D eigenvalue weighted by Gasteiger charge is -2.09. The average Bonchev–Trinajstić information content (AvgIpc) is 2.87. The van der Waals surface area contributed by atoms with Gasteiger partial charge in [0.05, 0.1) is 5.69 Å². The largest absolute Gasteiger partial charge is 0.335 e. The van der Waals surface area contributed by atoms with Gasteiger partial charge in [-0.05, 0) is 38.1 Å². The standard InChI is InChI=1S/C15H13FN4O3/c1-8-13-14(23-19-8)17-9(2)20(15(13)22)7-12(21)18-11-5-3-10(16)4-6-11/h3-6H,7H2,1-2H3,(H,18,21). The highest BCUT2D eigenvalue weighted by Gasteiger charge is 2.16. The van der Waals surface area contributed by atoms with Gasteiger partial charge in [-0.1, -0.05) is 5.16 Å². The van der Waals surface area contributed by atoms with Crippen LogP contribution in [0.15, 0.2) is 33.6 Å². The Kier molecular flexibility index (Phi) is 3.65. The number of aryl methyl sites for hydroxylation is 2. The number of benzene rings is 1. The molecule has 118 valence electrons. The number of nitrogens with one attached hydrogen (secondary N) is 1.